The smallest absolute Gasteiger partial charge is 0.124 e. The van der Waals surface area contributed by atoms with Gasteiger partial charge >= 0.3 is 0 Å². The van der Waals surface area contributed by atoms with Gasteiger partial charge < -0.3 is 5.11 Å². The predicted molar refractivity (Wildman–Crippen MR) is 69.6 cm³/mol. The Kier molecular flexibility index (Phi) is 3.82. The Balaban J connectivity index is 2.39. The van der Waals surface area contributed by atoms with Crippen molar-refractivity contribution < 1.29 is 9.50 Å². The molecule has 17 heavy (non-hydrogen) atoms. The van der Waals surface area contributed by atoms with Gasteiger partial charge in [-0.2, -0.15) is 0 Å². The van der Waals surface area contributed by atoms with E-state index in [1.54, 1.807) is 30.3 Å². The Morgan fingerprint density at radius 2 is 1.88 bits per heavy atom. The number of halogens is 3. The molecule has 88 valence electrons. The van der Waals surface area contributed by atoms with Crippen molar-refractivity contribution >= 4 is 27.5 Å². The third kappa shape index (κ3) is 3.06. The Labute approximate surface area is 112 Å². The van der Waals surface area contributed by atoms with Crippen LogP contribution in [0, 0.1) is 5.82 Å². The van der Waals surface area contributed by atoms with Gasteiger partial charge in [0.15, 0.2) is 0 Å². The number of benzene rings is 2. The van der Waals surface area contributed by atoms with Gasteiger partial charge in [-0.05, 0) is 41.5 Å². The highest BCUT2D eigenvalue weighted by atomic mass is 79.9. The third-order valence-electron chi connectivity index (χ3n) is 2.37. The van der Waals surface area contributed by atoms with Gasteiger partial charge in [0.2, 0.25) is 0 Å². The molecular weight excluding hydrogens is 306 g/mol. The SMILES string of the molecule is OC(c1cccc(Cl)c1)c1cc(F)cc(Br)c1. The van der Waals surface area contributed by atoms with Crippen LogP contribution in [-0.4, -0.2) is 5.11 Å². The first kappa shape index (κ1) is 12.6. The zero-order valence-corrected chi connectivity index (χ0v) is 11.0. The van der Waals surface area contributed by atoms with Crippen LogP contribution in [0.1, 0.15) is 17.2 Å². The van der Waals surface area contributed by atoms with E-state index in [-0.39, 0.29) is 0 Å². The molecule has 0 bridgehead atoms. The normalized spacial score (nSPS) is 12.5. The lowest BCUT2D eigenvalue weighted by Gasteiger charge is -2.12. The molecule has 1 N–H and O–H groups in total. The van der Waals surface area contributed by atoms with Crippen LogP contribution in [0.4, 0.5) is 4.39 Å². The molecule has 0 amide bonds. The van der Waals surface area contributed by atoms with E-state index in [2.05, 4.69) is 15.9 Å². The summed E-state index contributed by atoms with van der Waals surface area (Å²) in [7, 11) is 0. The lowest BCUT2D eigenvalue weighted by molar-refractivity contribution is 0.219. The first-order valence-electron chi connectivity index (χ1n) is 4.96. The average Bonchev–Trinajstić information content (AvgIpc) is 2.26. The Bertz CT molecular complexity index is 524. The number of hydrogen-bond donors (Lipinski definition) is 1. The van der Waals surface area contributed by atoms with Crippen molar-refractivity contribution in [3.8, 4) is 0 Å². The first-order valence-corrected chi connectivity index (χ1v) is 6.13. The van der Waals surface area contributed by atoms with Crippen LogP contribution < -0.4 is 0 Å². The summed E-state index contributed by atoms with van der Waals surface area (Å²) in [6.45, 7) is 0. The summed E-state index contributed by atoms with van der Waals surface area (Å²) in [6.07, 6.45) is -0.888. The van der Waals surface area contributed by atoms with E-state index in [0.717, 1.165) is 0 Å². The highest BCUT2D eigenvalue weighted by Gasteiger charge is 2.12. The number of aliphatic hydroxyl groups excluding tert-OH is 1. The van der Waals surface area contributed by atoms with E-state index in [1.165, 1.54) is 12.1 Å². The monoisotopic (exact) mass is 314 g/mol. The molecule has 0 aromatic heterocycles. The molecule has 2 rings (SSSR count). The molecular formula is C13H9BrClFO. The van der Waals surface area contributed by atoms with Gasteiger partial charge in [-0.1, -0.05) is 39.7 Å². The van der Waals surface area contributed by atoms with E-state index in [4.69, 9.17) is 11.6 Å². The summed E-state index contributed by atoms with van der Waals surface area (Å²) in [5, 5.41) is 10.7. The van der Waals surface area contributed by atoms with Crippen molar-refractivity contribution in [2.75, 3.05) is 0 Å². The Morgan fingerprint density at radius 3 is 2.53 bits per heavy atom. The predicted octanol–water partition coefficient (Wildman–Crippen LogP) is 4.32. The van der Waals surface area contributed by atoms with E-state index < -0.39 is 11.9 Å². The van der Waals surface area contributed by atoms with E-state index in [9.17, 15) is 9.50 Å². The molecule has 1 atom stereocenters. The number of hydrogen-bond acceptors (Lipinski definition) is 1. The van der Waals surface area contributed by atoms with Crippen LogP contribution in [0.15, 0.2) is 46.9 Å². The molecule has 0 fully saturated rings. The standard InChI is InChI=1S/C13H9BrClFO/c14-10-4-9(6-12(16)7-10)13(17)8-2-1-3-11(15)5-8/h1-7,13,17H. The molecule has 0 spiro atoms. The molecule has 2 aromatic rings. The average molecular weight is 316 g/mol. The molecule has 0 aliphatic rings. The van der Waals surface area contributed by atoms with Crippen LogP contribution in [0.3, 0.4) is 0 Å². The maximum absolute atomic E-state index is 13.2. The Morgan fingerprint density at radius 1 is 1.12 bits per heavy atom. The topological polar surface area (TPSA) is 20.2 Å². The molecule has 4 heteroatoms. The second kappa shape index (κ2) is 5.17. The second-order valence-corrected chi connectivity index (χ2v) is 5.01. The van der Waals surface area contributed by atoms with Crippen molar-refractivity contribution in [3.63, 3.8) is 0 Å². The molecule has 0 saturated carbocycles. The summed E-state index contributed by atoms with van der Waals surface area (Å²) in [5.41, 5.74) is 1.12. The Hall–Kier alpha value is -0.900. The summed E-state index contributed by atoms with van der Waals surface area (Å²) in [5.74, 6) is -0.393. The molecule has 0 radical (unpaired) electrons. The van der Waals surface area contributed by atoms with Gasteiger partial charge in [0.05, 0.1) is 0 Å². The third-order valence-corrected chi connectivity index (χ3v) is 3.06. The highest BCUT2D eigenvalue weighted by molar-refractivity contribution is 9.10. The molecule has 0 aliphatic carbocycles. The van der Waals surface area contributed by atoms with Crippen LogP contribution in [-0.2, 0) is 0 Å². The van der Waals surface area contributed by atoms with Crippen molar-refractivity contribution in [2.24, 2.45) is 0 Å². The van der Waals surface area contributed by atoms with Crippen LogP contribution in [0.25, 0.3) is 0 Å². The van der Waals surface area contributed by atoms with Crippen LogP contribution >= 0.6 is 27.5 Å². The van der Waals surface area contributed by atoms with Crippen molar-refractivity contribution in [1.29, 1.82) is 0 Å². The minimum atomic E-state index is -0.888. The van der Waals surface area contributed by atoms with Crippen LogP contribution in [0.5, 0.6) is 0 Å². The zero-order valence-electron chi connectivity index (χ0n) is 8.70. The zero-order chi connectivity index (χ0) is 12.4. The lowest BCUT2D eigenvalue weighted by Crippen LogP contribution is -2.00. The van der Waals surface area contributed by atoms with Crippen LogP contribution in [0.2, 0.25) is 5.02 Å². The van der Waals surface area contributed by atoms with Crippen molar-refractivity contribution in [3.05, 3.63) is 68.9 Å². The molecule has 1 nitrogen and oxygen atoms in total. The molecule has 2 aromatic carbocycles. The van der Waals surface area contributed by atoms with Gasteiger partial charge in [-0.3, -0.25) is 0 Å². The first-order chi connectivity index (χ1) is 8.06. The molecule has 0 saturated heterocycles. The van der Waals surface area contributed by atoms with Crippen molar-refractivity contribution in [2.45, 2.75) is 6.10 Å². The van der Waals surface area contributed by atoms with Gasteiger partial charge in [-0.15, -0.1) is 0 Å². The summed E-state index contributed by atoms with van der Waals surface area (Å²) in [6, 6.07) is 11.2. The fraction of sp³-hybridized carbons (Fsp3) is 0.0769. The highest BCUT2D eigenvalue weighted by Crippen LogP contribution is 2.27. The minimum Gasteiger partial charge on any atom is -0.384 e. The molecule has 0 aliphatic heterocycles. The van der Waals surface area contributed by atoms with E-state index >= 15 is 0 Å². The number of aliphatic hydroxyl groups is 1. The largest absolute Gasteiger partial charge is 0.384 e. The van der Waals surface area contributed by atoms with Gasteiger partial charge in [0.25, 0.3) is 0 Å². The van der Waals surface area contributed by atoms with Crippen molar-refractivity contribution in [1.82, 2.24) is 0 Å². The number of rotatable bonds is 2. The maximum atomic E-state index is 13.2. The van der Waals surface area contributed by atoms with E-state index in [0.29, 0.717) is 20.6 Å². The fourth-order valence-corrected chi connectivity index (χ4v) is 2.28. The quantitative estimate of drug-likeness (QED) is 0.875. The minimum absolute atomic E-state index is 0.393. The summed E-state index contributed by atoms with van der Waals surface area (Å²) < 4.78 is 13.8. The summed E-state index contributed by atoms with van der Waals surface area (Å²) >= 11 is 9.04. The lowest BCUT2D eigenvalue weighted by atomic mass is 10.0. The van der Waals surface area contributed by atoms with Gasteiger partial charge in [-0.25, -0.2) is 4.39 Å². The van der Waals surface area contributed by atoms with E-state index in [1.807, 2.05) is 0 Å². The van der Waals surface area contributed by atoms with Gasteiger partial charge in [0, 0.05) is 9.50 Å². The fourth-order valence-electron chi connectivity index (χ4n) is 1.60. The molecule has 1 unspecified atom stereocenters. The second-order valence-electron chi connectivity index (χ2n) is 3.66. The molecule has 0 heterocycles. The maximum Gasteiger partial charge on any atom is 0.124 e. The van der Waals surface area contributed by atoms with Gasteiger partial charge in [0.1, 0.15) is 11.9 Å². The summed E-state index contributed by atoms with van der Waals surface area (Å²) in [4.78, 5) is 0.